The van der Waals surface area contributed by atoms with Gasteiger partial charge in [0.15, 0.2) is 6.04 Å². The molecule has 1 N–H and O–H groups in total. The van der Waals surface area contributed by atoms with E-state index >= 15 is 4.39 Å². The standard InChI is InChI=1S/C25H28F4N4O4S2/c1-13(37-4)20-19(12-30-23-21(20)31-14(2)38-23)32-18-6-5-16(11-17(18)26)22(25(27,28)29)33(3)24(34)15-7-9-39(35,36)10-8-15/h5-6,11-13,15,22,32H,7-10H2,1-4H3/t13-,22-/m0/s1. The number of halogens is 4. The number of pyridine rings is 1. The number of carbonyl (C=O) groups is 1. The van der Waals surface area contributed by atoms with Gasteiger partial charge in [0.1, 0.15) is 26.0 Å². The van der Waals surface area contributed by atoms with Crippen LogP contribution in [0.2, 0.25) is 0 Å². The molecule has 3 aromatic rings. The van der Waals surface area contributed by atoms with Gasteiger partial charge >= 0.3 is 6.18 Å². The second kappa shape index (κ2) is 11.0. The summed E-state index contributed by atoms with van der Waals surface area (Å²) >= 11 is 1.39. The van der Waals surface area contributed by atoms with Crippen LogP contribution in [0, 0.1) is 18.7 Å². The van der Waals surface area contributed by atoms with Crippen molar-refractivity contribution in [2.75, 3.05) is 31.0 Å². The van der Waals surface area contributed by atoms with Crippen molar-refractivity contribution in [2.24, 2.45) is 5.92 Å². The first-order valence-corrected chi connectivity index (χ1v) is 14.7. The summed E-state index contributed by atoms with van der Waals surface area (Å²) in [5.41, 5.74) is 1.05. The summed E-state index contributed by atoms with van der Waals surface area (Å²) < 4.78 is 86.6. The molecule has 0 aliphatic carbocycles. The molecule has 0 unspecified atom stereocenters. The number of nitrogens with zero attached hydrogens (tertiary/aromatic N) is 3. The molecule has 0 spiro atoms. The van der Waals surface area contributed by atoms with E-state index in [1.807, 2.05) is 6.92 Å². The van der Waals surface area contributed by atoms with Crippen LogP contribution >= 0.6 is 11.3 Å². The predicted octanol–water partition coefficient (Wildman–Crippen LogP) is 5.48. The van der Waals surface area contributed by atoms with Gasteiger partial charge in [-0.15, -0.1) is 0 Å². The Morgan fingerprint density at radius 3 is 2.49 bits per heavy atom. The molecule has 0 saturated carbocycles. The Balaban J connectivity index is 1.64. The Hall–Kier alpha value is -2.84. The molecule has 1 aliphatic rings. The maximum absolute atomic E-state index is 15.3. The number of amides is 1. The van der Waals surface area contributed by atoms with Crippen LogP contribution < -0.4 is 5.32 Å². The van der Waals surface area contributed by atoms with E-state index in [1.165, 1.54) is 30.7 Å². The van der Waals surface area contributed by atoms with E-state index in [9.17, 15) is 26.4 Å². The summed E-state index contributed by atoms with van der Waals surface area (Å²) in [6.07, 6.45) is -3.94. The zero-order valence-electron chi connectivity index (χ0n) is 21.7. The van der Waals surface area contributed by atoms with Gasteiger partial charge in [-0.25, -0.2) is 22.8 Å². The van der Waals surface area contributed by atoms with Crippen molar-refractivity contribution >= 4 is 48.8 Å². The minimum absolute atomic E-state index is 0.0492. The highest BCUT2D eigenvalue weighted by Gasteiger charge is 2.47. The second-order valence-corrected chi connectivity index (χ2v) is 13.0. The van der Waals surface area contributed by atoms with E-state index in [-0.39, 0.29) is 30.0 Å². The fraction of sp³-hybridized carbons (Fsp3) is 0.480. The Bertz CT molecular complexity index is 1480. The number of benzene rings is 1. The third kappa shape index (κ3) is 6.17. The molecule has 4 rings (SSSR count). The van der Waals surface area contributed by atoms with Crippen LogP contribution in [-0.2, 0) is 19.4 Å². The topological polar surface area (TPSA) is 101 Å². The quantitative estimate of drug-likeness (QED) is 0.365. The maximum Gasteiger partial charge on any atom is 0.413 e. The van der Waals surface area contributed by atoms with E-state index in [4.69, 9.17) is 4.74 Å². The fourth-order valence-electron chi connectivity index (χ4n) is 4.76. The Morgan fingerprint density at radius 1 is 1.23 bits per heavy atom. The molecule has 39 heavy (non-hydrogen) atoms. The van der Waals surface area contributed by atoms with E-state index in [2.05, 4.69) is 15.3 Å². The highest BCUT2D eigenvalue weighted by molar-refractivity contribution is 7.91. The molecule has 1 saturated heterocycles. The number of ether oxygens (including phenoxy) is 1. The van der Waals surface area contributed by atoms with Gasteiger partial charge in [-0.2, -0.15) is 13.2 Å². The lowest BCUT2D eigenvalue weighted by atomic mass is 9.98. The molecule has 3 heterocycles. The van der Waals surface area contributed by atoms with E-state index in [1.54, 1.807) is 6.92 Å². The Kier molecular flexibility index (Phi) is 8.20. The van der Waals surface area contributed by atoms with Crippen molar-refractivity contribution in [1.82, 2.24) is 14.9 Å². The third-order valence-corrected chi connectivity index (χ3v) is 9.45. The van der Waals surface area contributed by atoms with Crippen molar-refractivity contribution in [2.45, 2.75) is 45.0 Å². The van der Waals surface area contributed by atoms with Crippen molar-refractivity contribution in [3.05, 3.63) is 46.3 Å². The summed E-state index contributed by atoms with van der Waals surface area (Å²) in [6.45, 7) is 3.62. The maximum atomic E-state index is 15.3. The first-order chi connectivity index (χ1) is 18.2. The number of aromatic nitrogens is 2. The SMILES string of the molecule is CO[C@@H](C)c1c(Nc2ccc([C@H](N(C)C(=O)C3CCS(=O)(=O)CC3)C(F)(F)F)cc2F)cnc2sc(C)nc12. The fourth-order valence-corrected chi connectivity index (χ4v) is 7.03. The molecule has 14 heteroatoms. The molecule has 1 amide bonds. The van der Waals surface area contributed by atoms with Gasteiger partial charge in [-0.05, 0) is 44.4 Å². The molecular weight excluding hydrogens is 560 g/mol. The number of hydrogen-bond donors (Lipinski definition) is 1. The zero-order chi connectivity index (χ0) is 28.7. The van der Waals surface area contributed by atoms with Crippen molar-refractivity contribution in [1.29, 1.82) is 0 Å². The van der Waals surface area contributed by atoms with Crippen molar-refractivity contribution in [3.8, 4) is 0 Å². The number of sulfone groups is 1. The molecule has 2 aromatic heterocycles. The summed E-state index contributed by atoms with van der Waals surface area (Å²) in [4.78, 5) is 23.0. The molecule has 1 fully saturated rings. The van der Waals surface area contributed by atoms with Crippen LogP contribution in [0.15, 0.2) is 24.4 Å². The van der Waals surface area contributed by atoms with E-state index in [0.29, 0.717) is 26.5 Å². The molecule has 212 valence electrons. The number of nitrogens with one attached hydrogen (secondary N) is 1. The number of thiazole rings is 1. The average molecular weight is 589 g/mol. The van der Waals surface area contributed by atoms with Gasteiger partial charge in [-0.3, -0.25) is 4.79 Å². The van der Waals surface area contributed by atoms with E-state index in [0.717, 1.165) is 24.2 Å². The number of rotatable bonds is 7. The highest BCUT2D eigenvalue weighted by Crippen LogP contribution is 2.40. The van der Waals surface area contributed by atoms with Gasteiger partial charge in [0.05, 0.1) is 40.2 Å². The number of anilines is 2. The number of fused-ring (bicyclic) bond motifs is 1. The van der Waals surface area contributed by atoms with Gasteiger partial charge in [0.2, 0.25) is 5.91 Å². The van der Waals surface area contributed by atoms with Crippen LogP contribution in [0.1, 0.15) is 48.0 Å². The molecule has 8 nitrogen and oxygen atoms in total. The first kappa shape index (κ1) is 29.2. The molecule has 2 atom stereocenters. The summed E-state index contributed by atoms with van der Waals surface area (Å²) in [5.74, 6) is -3.16. The van der Waals surface area contributed by atoms with E-state index < -0.39 is 51.4 Å². The Labute approximate surface area is 227 Å². The van der Waals surface area contributed by atoms with Crippen LogP contribution in [0.25, 0.3) is 10.3 Å². The highest BCUT2D eigenvalue weighted by atomic mass is 32.2. The minimum Gasteiger partial charge on any atom is -0.377 e. The predicted molar refractivity (Wildman–Crippen MR) is 140 cm³/mol. The smallest absolute Gasteiger partial charge is 0.377 e. The van der Waals surface area contributed by atoms with Gasteiger partial charge in [0.25, 0.3) is 0 Å². The number of hydrogen-bond acceptors (Lipinski definition) is 8. The summed E-state index contributed by atoms with van der Waals surface area (Å²) in [7, 11) is -0.785. The second-order valence-electron chi connectivity index (χ2n) is 9.53. The average Bonchev–Trinajstić information content (AvgIpc) is 3.24. The largest absolute Gasteiger partial charge is 0.413 e. The number of methoxy groups -OCH3 is 1. The Morgan fingerprint density at radius 2 is 1.90 bits per heavy atom. The molecule has 1 aliphatic heterocycles. The third-order valence-electron chi connectivity index (χ3n) is 6.86. The number of aryl methyl sites for hydroxylation is 1. The summed E-state index contributed by atoms with van der Waals surface area (Å²) in [5, 5.41) is 3.68. The van der Waals surface area contributed by atoms with Crippen LogP contribution in [0.5, 0.6) is 0 Å². The van der Waals surface area contributed by atoms with Crippen LogP contribution in [-0.4, -0.2) is 61.0 Å². The van der Waals surface area contributed by atoms with Crippen molar-refractivity contribution in [3.63, 3.8) is 0 Å². The lowest BCUT2D eigenvalue weighted by molar-refractivity contribution is -0.190. The van der Waals surface area contributed by atoms with Crippen molar-refractivity contribution < 1.29 is 35.5 Å². The molecule has 0 radical (unpaired) electrons. The lowest BCUT2D eigenvalue weighted by Crippen LogP contribution is -2.44. The minimum atomic E-state index is -4.90. The van der Waals surface area contributed by atoms with Gasteiger partial charge < -0.3 is 15.0 Å². The monoisotopic (exact) mass is 588 g/mol. The first-order valence-electron chi connectivity index (χ1n) is 12.1. The zero-order valence-corrected chi connectivity index (χ0v) is 23.3. The van der Waals surface area contributed by atoms with Crippen LogP contribution in [0.4, 0.5) is 28.9 Å². The van der Waals surface area contributed by atoms with Gasteiger partial charge in [-0.1, -0.05) is 17.4 Å². The normalized spacial score (nSPS) is 17.6. The summed E-state index contributed by atoms with van der Waals surface area (Å²) in [6, 6.07) is 0.615. The van der Waals surface area contributed by atoms with Gasteiger partial charge in [0, 0.05) is 25.6 Å². The molecular formula is C25H28F4N4O4S2. The van der Waals surface area contributed by atoms with Crippen LogP contribution in [0.3, 0.4) is 0 Å². The number of alkyl halides is 3. The molecule has 0 bridgehead atoms. The molecule has 1 aromatic carbocycles. The lowest BCUT2D eigenvalue weighted by Gasteiger charge is -2.34. The number of carbonyl (C=O) groups excluding carboxylic acids is 1.